The van der Waals surface area contributed by atoms with Gasteiger partial charge in [0.25, 0.3) is 0 Å². The first-order valence-electron chi connectivity index (χ1n) is 8.05. The lowest BCUT2D eigenvalue weighted by Crippen LogP contribution is -2.52. The van der Waals surface area contributed by atoms with Gasteiger partial charge in [0.05, 0.1) is 18.5 Å². The summed E-state index contributed by atoms with van der Waals surface area (Å²) in [5.41, 5.74) is 0.536. The van der Waals surface area contributed by atoms with Crippen molar-refractivity contribution in [2.75, 3.05) is 50.4 Å². The van der Waals surface area contributed by atoms with E-state index in [1.54, 1.807) is 23.1 Å². The van der Waals surface area contributed by atoms with Gasteiger partial charge in [0.15, 0.2) is 0 Å². The van der Waals surface area contributed by atoms with Crippen molar-refractivity contribution < 1.29 is 17.6 Å². The Bertz CT molecular complexity index is 673. The molecule has 0 atom stereocenters. The number of amides is 1. The first-order valence-corrected chi connectivity index (χ1v) is 9.90. The van der Waals surface area contributed by atoms with E-state index in [-0.39, 0.29) is 18.3 Å². The lowest BCUT2D eigenvalue weighted by Gasteiger charge is -2.36. The molecular weight excluding hydrogens is 333 g/mol. The van der Waals surface area contributed by atoms with Crippen molar-refractivity contribution in [2.24, 2.45) is 0 Å². The number of piperazine rings is 1. The second kappa shape index (κ2) is 7.94. The van der Waals surface area contributed by atoms with Gasteiger partial charge in [0.1, 0.15) is 5.82 Å². The highest BCUT2D eigenvalue weighted by atomic mass is 32.2. The lowest BCUT2D eigenvalue weighted by molar-refractivity contribution is -0.131. The number of rotatable bonds is 6. The quantitative estimate of drug-likeness (QED) is 0.766. The van der Waals surface area contributed by atoms with Gasteiger partial charge >= 0.3 is 0 Å². The van der Waals surface area contributed by atoms with E-state index in [4.69, 9.17) is 0 Å². The summed E-state index contributed by atoms with van der Waals surface area (Å²) in [5, 5.41) is 0. The van der Waals surface area contributed by atoms with E-state index in [0.29, 0.717) is 44.8 Å². The zero-order chi connectivity index (χ0) is 17.7. The maximum Gasteiger partial charge on any atom is 0.238 e. The molecule has 2 rings (SSSR count). The molecule has 1 heterocycles. The van der Waals surface area contributed by atoms with E-state index in [1.807, 2.05) is 11.8 Å². The Labute approximate surface area is 142 Å². The van der Waals surface area contributed by atoms with Crippen molar-refractivity contribution in [3.63, 3.8) is 0 Å². The number of hydrogen-bond acceptors (Lipinski definition) is 4. The summed E-state index contributed by atoms with van der Waals surface area (Å²) < 4.78 is 38.5. The molecule has 0 N–H and O–H groups in total. The fourth-order valence-electron chi connectivity index (χ4n) is 2.77. The monoisotopic (exact) mass is 357 g/mol. The predicted octanol–water partition coefficient (Wildman–Crippen LogP) is 1.15. The van der Waals surface area contributed by atoms with Gasteiger partial charge in [-0.3, -0.25) is 4.79 Å². The van der Waals surface area contributed by atoms with Crippen LogP contribution >= 0.6 is 0 Å². The molecule has 1 fully saturated rings. The minimum atomic E-state index is -3.39. The molecule has 0 spiro atoms. The third-order valence-electron chi connectivity index (χ3n) is 4.08. The number of halogens is 1. The van der Waals surface area contributed by atoms with Gasteiger partial charge in [-0.25, -0.2) is 12.8 Å². The average Bonchev–Trinajstić information content (AvgIpc) is 2.54. The summed E-state index contributed by atoms with van der Waals surface area (Å²) in [6.07, 6.45) is 1.77. The number of nitrogens with zero attached hydrogens (tertiary/aromatic N) is 3. The third-order valence-corrected chi connectivity index (χ3v) is 5.33. The lowest BCUT2D eigenvalue weighted by atomic mass is 10.2. The minimum Gasteiger partial charge on any atom is -0.366 e. The molecule has 24 heavy (non-hydrogen) atoms. The van der Waals surface area contributed by atoms with Crippen LogP contribution in [-0.4, -0.2) is 69.1 Å². The third kappa shape index (κ3) is 4.67. The van der Waals surface area contributed by atoms with E-state index in [1.165, 1.54) is 10.4 Å². The Kier molecular flexibility index (Phi) is 6.17. The number of sulfonamides is 1. The molecule has 0 aliphatic carbocycles. The van der Waals surface area contributed by atoms with Gasteiger partial charge in [-0.2, -0.15) is 4.31 Å². The average molecular weight is 357 g/mol. The Morgan fingerprint density at radius 3 is 2.38 bits per heavy atom. The molecule has 1 aliphatic rings. The fraction of sp³-hybridized carbons (Fsp3) is 0.562. The standard InChI is InChI=1S/C16H24FN3O3S/c1-3-8-20(24(2,22)23)13-16(21)19-11-9-18(10-12-19)15-7-5-4-6-14(15)17/h4-7H,3,8-13H2,1-2H3. The Morgan fingerprint density at radius 1 is 1.21 bits per heavy atom. The zero-order valence-electron chi connectivity index (χ0n) is 14.1. The van der Waals surface area contributed by atoms with Crippen LogP contribution in [-0.2, 0) is 14.8 Å². The molecule has 1 amide bonds. The number of anilines is 1. The Morgan fingerprint density at radius 2 is 1.83 bits per heavy atom. The van der Waals surface area contributed by atoms with Crippen molar-refractivity contribution in [1.82, 2.24) is 9.21 Å². The molecule has 0 aromatic heterocycles. The SMILES string of the molecule is CCCN(CC(=O)N1CCN(c2ccccc2F)CC1)S(C)(=O)=O. The maximum absolute atomic E-state index is 13.8. The predicted molar refractivity (Wildman–Crippen MR) is 91.9 cm³/mol. The molecule has 1 saturated heterocycles. The van der Waals surface area contributed by atoms with Crippen LogP contribution < -0.4 is 4.90 Å². The molecule has 0 unspecified atom stereocenters. The molecule has 134 valence electrons. The number of hydrogen-bond donors (Lipinski definition) is 0. The van der Waals surface area contributed by atoms with Crippen LogP contribution in [0.2, 0.25) is 0 Å². The molecule has 1 aromatic rings. The number of para-hydroxylation sites is 1. The molecule has 1 aromatic carbocycles. The molecule has 0 radical (unpaired) electrons. The van der Waals surface area contributed by atoms with Gasteiger partial charge in [0, 0.05) is 32.7 Å². The summed E-state index contributed by atoms with van der Waals surface area (Å²) in [4.78, 5) is 15.9. The van der Waals surface area contributed by atoms with E-state index >= 15 is 0 Å². The normalized spacial score (nSPS) is 15.8. The number of carbonyl (C=O) groups is 1. The van der Waals surface area contributed by atoms with Crippen LogP contribution in [0.25, 0.3) is 0 Å². The maximum atomic E-state index is 13.8. The molecule has 0 bridgehead atoms. The van der Waals surface area contributed by atoms with Gasteiger partial charge < -0.3 is 9.80 Å². The van der Waals surface area contributed by atoms with Crippen LogP contribution in [0.3, 0.4) is 0 Å². The summed E-state index contributed by atoms with van der Waals surface area (Å²) in [7, 11) is -3.39. The van der Waals surface area contributed by atoms with Crippen LogP contribution in [0, 0.1) is 5.82 Å². The second-order valence-corrected chi connectivity index (χ2v) is 7.90. The molecule has 8 heteroatoms. The fourth-order valence-corrected chi connectivity index (χ4v) is 3.63. The van der Waals surface area contributed by atoms with Gasteiger partial charge in [-0.05, 0) is 18.6 Å². The highest BCUT2D eigenvalue weighted by Gasteiger charge is 2.26. The summed E-state index contributed by atoms with van der Waals surface area (Å²) in [6.45, 7) is 4.04. The van der Waals surface area contributed by atoms with Crippen molar-refractivity contribution in [1.29, 1.82) is 0 Å². The highest BCUT2D eigenvalue weighted by molar-refractivity contribution is 7.88. The molecule has 1 aliphatic heterocycles. The second-order valence-electron chi connectivity index (χ2n) is 5.92. The first kappa shape index (κ1) is 18.7. The highest BCUT2D eigenvalue weighted by Crippen LogP contribution is 2.20. The largest absolute Gasteiger partial charge is 0.366 e. The van der Waals surface area contributed by atoms with Crippen LogP contribution in [0.4, 0.5) is 10.1 Å². The molecule has 6 nitrogen and oxygen atoms in total. The Hall–Kier alpha value is -1.67. The van der Waals surface area contributed by atoms with E-state index in [2.05, 4.69) is 0 Å². The number of benzene rings is 1. The smallest absolute Gasteiger partial charge is 0.238 e. The first-order chi connectivity index (χ1) is 11.3. The van der Waals surface area contributed by atoms with Crippen molar-refractivity contribution in [3.8, 4) is 0 Å². The van der Waals surface area contributed by atoms with E-state index in [0.717, 1.165) is 6.26 Å². The zero-order valence-corrected chi connectivity index (χ0v) is 14.9. The van der Waals surface area contributed by atoms with Gasteiger partial charge in [-0.1, -0.05) is 19.1 Å². The Balaban J connectivity index is 1.94. The van der Waals surface area contributed by atoms with Crippen LogP contribution in [0.1, 0.15) is 13.3 Å². The summed E-state index contributed by atoms with van der Waals surface area (Å²) in [6, 6.07) is 6.57. The van der Waals surface area contributed by atoms with E-state index < -0.39 is 10.0 Å². The number of carbonyl (C=O) groups excluding carboxylic acids is 1. The molecular formula is C16H24FN3O3S. The molecule has 0 saturated carbocycles. The summed E-state index contributed by atoms with van der Waals surface area (Å²) in [5.74, 6) is -0.481. The van der Waals surface area contributed by atoms with Gasteiger partial charge in [0.2, 0.25) is 15.9 Å². The topological polar surface area (TPSA) is 60.9 Å². The van der Waals surface area contributed by atoms with Crippen LogP contribution in [0.5, 0.6) is 0 Å². The van der Waals surface area contributed by atoms with Crippen molar-refractivity contribution in [2.45, 2.75) is 13.3 Å². The van der Waals surface area contributed by atoms with Crippen LogP contribution in [0.15, 0.2) is 24.3 Å². The van der Waals surface area contributed by atoms with Crippen molar-refractivity contribution >= 4 is 21.6 Å². The van der Waals surface area contributed by atoms with Gasteiger partial charge in [-0.15, -0.1) is 0 Å². The van der Waals surface area contributed by atoms with Crippen molar-refractivity contribution in [3.05, 3.63) is 30.1 Å². The minimum absolute atomic E-state index is 0.133. The van der Waals surface area contributed by atoms with E-state index in [9.17, 15) is 17.6 Å². The summed E-state index contributed by atoms with van der Waals surface area (Å²) >= 11 is 0.